The van der Waals surface area contributed by atoms with E-state index in [-0.39, 0.29) is 18.3 Å². The van der Waals surface area contributed by atoms with Crippen LogP contribution in [0.15, 0.2) is 79.0 Å². The normalized spacial score (nSPS) is 12.4. The lowest BCUT2D eigenvalue weighted by Crippen LogP contribution is -2.33. The van der Waals surface area contributed by atoms with Crippen molar-refractivity contribution in [3.63, 3.8) is 0 Å². The molecule has 1 amide bonds. The van der Waals surface area contributed by atoms with E-state index in [4.69, 9.17) is 16.6 Å². The van der Waals surface area contributed by atoms with E-state index in [9.17, 15) is 9.18 Å². The number of benzene rings is 3. The number of hydrogen-bond acceptors (Lipinski definition) is 4. The van der Waals surface area contributed by atoms with Crippen LogP contribution in [-0.2, 0) is 11.3 Å². The molecule has 0 bridgehead atoms. The van der Waals surface area contributed by atoms with Gasteiger partial charge < -0.3 is 15.5 Å². The summed E-state index contributed by atoms with van der Waals surface area (Å²) in [6.45, 7) is 2.45. The number of nitrogens with one attached hydrogen (secondary N) is 2. The number of imidazole rings is 1. The van der Waals surface area contributed by atoms with E-state index in [1.54, 1.807) is 35.4 Å². The number of fused-ring (bicyclic) bond motifs is 1. The molecule has 0 saturated carbocycles. The predicted octanol–water partition coefficient (Wildman–Crippen LogP) is 6.28. The number of aryl methyl sites for hydroxylation is 1. The Morgan fingerprint density at radius 3 is 2.54 bits per heavy atom. The maximum Gasteiger partial charge on any atom is 0.246 e. The zero-order chi connectivity index (χ0) is 24.4. The van der Waals surface area contributed by atoms with Crippen LogP contribution in [0.4, 0.5) is 21.6 Å². The van der Waals surface area contributed by atoms with Crippen LogP contribution in [0.2, 0.25) is 5.02 Å². The fraction of sp³-hybridized carbons (Fsp3) is 0.111. The molecule has 0 fully saturated rings. The summed E-state index contributed by atoms with van der Waals surface area (Å²) >= 11 is 6.02. The van der Waals surface area contributed by atoms with Gasteiger partial charge in [0, 0.05) is 34.4 Å². The van der Waals surface area contributed by atoms with Gasteiger partial charge in [-0.25, -0.2) is 9.37 Å². The van der Waals surface area contributed by atoms with Crippen molar-refractivity contribution in [1.29, 1.82) is 0 Å². The number of carbonyl (C=O) groups is 1. The Labute approximate surface area is 207 Å². The third-order valence-corrected chi connectivity index (χ3v) is 5.95. The summed E-state index contributed by atoms with van der Waals surface area (Å²) in [6.07, 6.45) is 3.55. The van der Waals surface area contributed by atoms with Crippen LogP contribution in [0.25, 0.3) is 17.5 Å². The van der Waals surface area contributed by atoms with Crippen LogP contribution in [0.1, 0.15) is 11.4 Å². The van der Waals surface area contributed by atoms with Crippen LogP contribution in [0, 0.1) is 12.7 Å². The van der Waals surface area contributed by atoms with Gasteiger partial charge >= 0.3 is 0 Å². The molecule has 0 unspecified atom stereocenters. The van der Waals surface area contributed by atoms with Gasteiger partial charge in [0.25, 0.3) is 0 Å². The number of nitrogens with zero attached hydrogens (tertiary/aromatic N) is 3. The Balaban J connectivity index is 1.41. The van der Waals surface area contributed by atoms with Crippen molar-refractivity contribution in [2.75, 3.05) is 17.2 Å². The molecule has 2 heterocycles. The van der Waals surface area contributed by atoms with Crippen molar-refractivity contribution >= 4 is 40.9 Å². The number of anilines is 3. The van der Waals surface area contributed by atoms with Gasteiger partial charge in [0.1, 0.15) is 23.2 Å². The fourth-order valence-corrected chi connectivity index (χ4v) is 4.04. The number of amides is 1. The first kappa shape index (κ1) is 22.7. The molecule has 0 aliphatic carbocycles. The van der Waals surface area contributed by atoms with Gasteiger partial charge in [-0.3, -0.25) is 9.36 Å². The van der Waals surface area contributed by atoms with Crippen molar-refractivity contribution in [2.24, 2.45) is 0 Å². The monoisotopic (exact) mass is 487 g/mol. The lowest BCUT2D eigenvalue weighted by Gasteiger charge is -2.23. The Morgan fingerprint density at radius 2 is 1.80 bits per heavy atom. The average Bonchev–Trinajstić information content (AvgIpc) is 3.22. The summed E-state index contributed by atoms with van der Waals surface area (Å²) in [5.41, 5.74) is 4.29. The smallest absolute Gasteiger partial charge is 0.246 e. The minimum atomic E-state index is -0.311. The third kappa shape index (κ3) is 5.05. The molecule has 1 aliphatic rings. The molecule has 5 rings (SSSR count). The van der Waals surface area contributed by atoms with Crippen molar-refractivity contribution in [1.82, 2.24) is 14.5 Å². The molecular weight excluding hydrogens is 465 g/mol. The molecule has 0 saturated heterocycles. The molecule has 35 heavy (non-hydrogen) atoms. The fourth-order valence-electron chi connectivity index (χ4n) is 3.85. The first-order valence-electron chi connectivity index (χ1n) is 11.1. The van der Waals surface area contributed by atoms with Gasteiger partial charge in [-0.1, -0.05) is 35.4 Å². The topological polar surface area (TPSA) is 62.2 Å². The highest BCUT2D eigenvalue weighted by Gasteiger charge is 2.24. The summed E-state index contributed by atoms with van der Waals surface area (Å²) in [5.74, 6) is 1.02. The third-order valence-electron chi connectivity index (χ3n) is 5.71. The van der Waals surface area contributed by atoms with Crippen molar-refractivity contribution in [2.45, 2.75) is 13.5 Å². The second kappa shape index (κ2) is 9.64. The number of carbonyl (C=O) groups excluding carboxylic acids is 1. The van der Waals surface area contributed by atoms with Gasteiger partial charge in [0.05, 0.1) is 13.1 Å². The highest BCUT2D eigenvalue weighted by molar-refractivity contribution is 6.30. The highest BCUT2D eigenvalue weighted by atomic mass is 35.5. The largest absolute Gasteiger partial charge is 0.376 e. The molecule has 2 N–H and O–H groups in total. The molecule has 1 aromatic heterocycles. The second-order valence-electron chi connectivity index (χ2n) is 8.28. The number of hydrogen-bond donors (Lipinski definition) is 2. The lowest BCUT2D eigenvalue weighted by atomic mass is 10.1. The Hall–Kier alpha value is -4.10. The Kier molecular flexibility index (Phi) is 6.25. The molecule has 176 valence electrons. The van der Waals surface area contributed by atoms with E-state index in [0.29, 0.717) is 23.1 Å². The molecule has 6 nitrogen and oxygen atoms in total. The van der Waals surface area contributed by atoms with Crippen molar-refractivity contribution in [3.05, 3.63) is 101 Å². The van der Waals surface area contributed by atoms with Gasteiger partial charge in [0.2, 0.25) is 5.91 Å². The van der Waals surface area contributed by atoms with Crippen molar-refractivity contribution < 1.29 is 9.18 Å². The molecular formula is C27H23ClFN5O. The zero-order valence-electron chi connectivity index (χ0n) is 19.0. The van der Waals surface area contributed by atoms with Gasteiger partial charge in [0.15, 0.2) is 0 Å². The Morgan fingerprint density at radius 1 is 1.03 bits per heavy atom. The van der Waals surface area contributed by atoms with Gasteiger partial charge in [-0.2, -0.15) is 0 Å². The molecule has 4 aromatic rings. The van der Waals surface area contributed by atoms with E-state index >= 15 is 0 Å². The van der Waals surface area contributed by atoms with Crippen molar-refractivity contribution in [3.8, 4) is 11.3 Å². The predicted molar refractivity (Wildman–Crippen MR) is 138 cm³/mol. The number of aromatic nitrogens is 2. The highest BCUT2D eigenvalue weighted by Crippen LogP contribution is 2.33. The van der Waals surface area contributed by atoms with Crippen LogP contribution in [0.5, 0.6) is 0 Å². The molecule has 8 heteroatoms. The van der Waals surface area contributed by atoms with Crippen LogP contribution in [-0.4, -0.2) is 26.9 Å². The SMILES string of the molecule is Cc1ccc(Nc2c(-c3ccc(F)cc3)nc3n2C=CN(C(=O)CNc2cccc(Cl)c2)C3)cc1. The summed E-state index contributed by atoms with van der Waals surface area (Å²) in [7, 11) is 0. The number of halogens is 2. The van der Waals surface area contributed by atoms with Crippen LogP contribution in [0.3, 0.4) is 0 Å². The first-order chi connectivity index (χ1) is 17.0. The van der Waals surface area contributed by atoms with E-state index in [0.717, 1.165) is 28.3 Å². The first-order valence-corrected chi connectivity index (χ1v) is 11.5. The summed E-state index contributed by atoms with van der Waals surface area (Å²) in [4.78, 5) is 19.3. The Bertz CT molecular complexity index is 1400. The van der Waals surface area contributed by atoms with E-state index in [1.165, 1.54) is 12.1 Å². The summed E-state index contributed by atoms with van der Waals surface area (Å²) in [5, 5.41) is 7.15. The standard InChI is InChI=1S/C27H23ClFN5O/c1-18-5-11-22(12-6-18)31-27-26(19-7-9-21(29)10-8-19)32-24-17-33(13-14-34(24)27)25(35)16-30-23-4-2-3-20(28)15-23/h2-15,30-31H,16-17H2,1H3. The molecule has 3 aromatic carbocycles. The van der Waals surface area contributed by atoms with Gasteiger partial charge in [-0.05, 0) is 61.5 Å². The maximum absolute atomic E-state index is 13.6. The molecule has 0 atom stereocenters. The lowest BCUT2D eigenvalue weighted by molar-refractivity contribution is -0.127. The summed E-state index contributed by atoms with van der Waals surface area (Å²) in [6, 6.07) is 21.5. The molecule has 0 spiro atoms. The minimum absolute atomic E-state index is 0.105. The molecule has 1 aliphatic heterocycles. The minimum Gasteiger partial charge on any atom is -0.376 e. The maximum atomic E-state index is 13.6. The summed E-state index contributed by atoms with van der Waals surface area (Å²) < 4.78 is 15.5. The van der Waals surface area contributed by atoms with Crippen LogP contribution >= 0.6 is 11.6 Å². The molecule has 0 radical (unpaired) electrons. The second-order valence-corrected chi connectivity index (χ2v) is 8.71. The zero-order valence-corrected chi connectivity index (χ0v) is 19.8. The number of rotatable bonds is 6. The quantitative estimate of drug-likeness (QED) is 0.336. The van der Waals surface area contributed by atoms with E-state index < -0.39 is 0 Å². The van der Waals surface area contributed by atoms with Gasteiger partial charge in [-0.15, -0.1) is 0 Å². The van der Waals surface area contributed by atoms with Crippen LogP contribution < -0.4 is 10.6 Å². The van der Waals surface area contributed by atoms with E-state index in [1.807, 2.05) is 54.1 Å². The van der Waals surface area contributed by atoms with E-state index in [2.05, 4.69) is 10.6 Å². The average molecular weight is 488 g/mol.